The lowest BCUT2D eigenvalue weighted by atomic mass is 9.94. The van der Waals surface area contributed by atoms with E-state index in [9.17, 15) is 0 Å². The van der Waals surface area contributed by atoms with Crippen molar-refractivity contribution in [2.45, 2.75) is 213 Å². The summed E-state index contributed by atoms with van der Waals surface area (Å²) in [4.78, 5) is 26.4. The van der Waals surface area contributed by atoms with Gasteiger partial charge in [-0.05, 0) is 175 Å². The Morgan fingerprint density at radius 3 is 1.28 bits per heavy atom. The summed E-state index contributed by atoms with van der Waals surface area (Å²) in [6, 6.07) is 4.10. The molecule has 0 amide bonds. The molecule has 7 atom stereocenters. The van der Waals surface area contributed by atoms with E-state index < -0.39 is 0 Å². The van der Waals surface area contributed by atoms with Crippen LogP contribution in [0.15, 0.2) is 12.2 Å². The molecular formula is C55H108N10. The summed E-state index contributed by atoms with van der Waals surface area (Å²) in [6.45, 7) is 60.6. The van der Waals surface area contributed by atoms with E-state index in [-0.39, 0.29) is 0 Å². The van der Waals surface area contributed by atoms with Gasteiger partial charge in [-0.15, -0.1) is 0 Å². The molecule has 7 unspecified atom stereocenters. The number of hydrogen-bond donors (Lipinski definition) is 0. The zero-order valence-corrected chi connectivity index (χ0v) is 45.8. The second-order valence-electron chi connectivity index (χ2n) is 26.9. The predicted molar refractivity (Wildman–Crippen MR) is 280 cm³/mol. The molecule has 10 heteroatoms. The molecule has 0 N–H and O–H groups in total. The van der Waals surface area contributed by atoms with Gasteiger partial charge in [-0.1, -0.05) is 18.6 Å². The lowest BCUT2D eigenvalue weighted by molar-refractivity contribution is -0.0148. The van der Waals surface area contributed by atoms with Crippen LogP contribution in [0.1, 0.15) is 155 Å². The Hall–Kier alpha value is -0.660. The van der Waals surface area contributed by atoms with Gasteiger partial charge in [0, 0.05) is 163 Å². The third kappa shape index (κ3) is 15.4. The Labute approximate surface area is 403 Å². The first-order chi connectivity index (χ1) is 30.4. The second kappa shape index (κ2) is 22.6. The van der Waals surface area contributed by atoms with Crippen LogP contribution < -0.4 is 0 Å². The van der Waals surface area contributed by atoms with Gasteiger partial charge in [-0.3, -0.25) is 39.2 Å². The maximum Gasteiger partial charge on any atom is 0.0410 e. The molecule has 0 saturated carbocycles. The van der Waals surface area contributed by atoms with Crippen LogP contribution >= 0.6 is 0 Å². The highest BCUT2D eigenvalue weighted by molar-refractivity contribution is 5.08. The molecular weight excluding hydrogens is 801 g/mol. The van der Waals surface area contributed by atoms with Gasteiger partial charge < -0.3 is 9.80 Å². The molecule has 10 heterocycles. The molecule has 0 aromatic carbocycles. The van der Waals surface area contributed by atoms with Gasteiger partial charge in [0.1, 0.15) is 0 Å². The first-order valence-electron chi connectivity index (χ1n) is 27.5. The summed E-state index contributed by atoms with van der Waals surface area (Å²) in [5.41, 5.74) is 1.82. The Morgan fingerprint density at radius 2 is 0.754 bits per heavy atom. The number of hydrogen-bond acceptors (Lipinski definition) is 10. The predicted octanol–water partition coefficient (Wildman–Crippen LogP) is 7.60. The van der Waals surface area contributed by atoms with Crippen LogP contribution in [0, 0.1) is 0 Å². The van der Waals surface area contributed by atoms with Gasteiger partial charge in [-0.25, -0.2) is 0 Å². The summed E-state index contributed by atoms with van der Waals surface area (Å²) < 4.78 is 0. The number of piperazine rings is 5. The minimum Gasteiger partial charge on any atom is -0.301 e. The topological polar surface area (TPSA) is 32.4 Å². The number of rotatable bonds is 0. The standard InChI is InChI=1S/C12H24N2.C11H22N2.C11H20N2.C11H22N2.C10H20N2/c1-12(2,3)14-9-8-13-7-5-4-6-11(13)10-14;2*1-11(2,3)13-8-7-12-6-4-5-10(12)9-13;1-11(2,3)13-8-7-12-6-4-5-10(13)9-12;1-10(2,3)12-7-6-11-5-4-9(12)8-11/h11H,4-10H2,1-3H3;10H,4-9H2,1-3H3;4-5,10H,6-9H2,1-3H3;10H,4-9H2,1-3H3;9H,4-8H2,1-3H3. The monoisotopic (exact) mass is 909 g/mol. The van der Waals surface area contributed by atoms with Crippen molar-refractivity contribution in [1.82, 2.24) is 49.0 Å². The van der Waals surface area contributed by atoms with Crippen molar-refractivity contribution in [3.8, 4) is 0 Å². The number of nitrogens with zero attached hydrogens (tertiary/aromatic N) is 10. The second-order valence-corrected chi connectivity index (χ2v) is 26.9. The molecule has 378 valence electrons. The van der Waals surface area contributed by atoms with Gasteiger partial charge in [0.15, 0.2) is 0 Å². The molecule has 0 aliphatic carbocycles. The summed E-state index contributed by atoms with van der Waals surface area (Å²) in [5.74, 6) is 0. The van der Waals surface area contributed by atoms with E-state index in [0.717, 1.165) is 24.2 Å². The molecule has 10 nitrogen and oxygen atoms in total. The van der Waals surface area contributed by atoms with Crippen molar-refractivity contribution in [3.63, 3.8) is 0 Å². The van der Waals surface area contributed by atoms with E-state index in [1.165, 1.54) is 182 Å². The molecule has 10 aliphatic heterocycles. The summed E-state index contributed by atoms with van der Waals surface area (Å²) in [7, 11) is 0. The Balaban J connectivity index is 0.000000135. The van der Waals surface area contributed by atoms with Crippen molar-refractivity contribution in [2.24, 2.45) is 0 Å². The minimum absolute atomic E-state index is 0.336. The highest BCUT2D eigenvalue weighted by atomic mass is 15.4. The van der Waals surface area contributed by atoms with Crippen molar-refractivity contribution < 1.29 is 0 Å². The first kappa shape index (κ1) is 53.7. The van der Waals surface area contributed by atoms with Crippen LogP contribution in [0.3, 0.4) is 0 Å². The highest BCUT2D eigenvalue weighted by Gasteiger charge is 2.39. The number of piperidine rings is 2. The maximum absolute atomic E-state index is 2.70. The summed E-state index contributed by atoms with van der Waals surface area (Å²) >= 11 is 0. The van der Waals surface area contributed by atoms with E-state index in [1.807, 2.05) is 0 Å². The lowest BCUT2D eigenvalue weighted by Crippen LogP contribution is -2.61. The van der Waals surface area contributed by atoms with Crippen LogP contribution in [-0.2, 0) is 0 Å². The lowest BCUT2D eigenvalue weighted by Gasteiger charge is -2.50. The van der Waals surface area contributed by atoms with Crippen molar-refractivity contribution in [1.29, 1.82) is 0 Å². The minimum atomic E-state index is 0.336. The fourth-order valence-electron chi connectivity index (χ4n) is 13.0. The molecule has 0 radical (unpaired) electrons. The van der Waals surface area contributed by atoms with Gasteiger partial charge in [0.25, 0.3) is 0 Å². The van der Waals surface area contributed by atoms with E-state index in [0.29, 0.717) is 33.7 Å². The van der Waals surface area contributed by atoms with E-state index >= 15 is 0 Å². The van der Waals surface area contributed by atoms with E-state index in [1.54, 1.807) is 0 Å². The Kier molecular flexibility index (Phi) is 18.7. The van der Waals surface area contributed by atoms with Crippen molar-refractivity contribution >= 4 is 0 Å². The van der Waals surface area contributed by atoms with Crippen molar-refractivity contribution in [2.75, 3.05) is 131 Å². The Bertz CT molecular complexity index is 1450. The quantitative estimate of drug-likeness (QED) is 0.227. The fraction of sp³-hybridized carbons (Fsp3) is 0.964. The highest BCUT2D eigenvalue weighted by Crippen LogP contribution is 2.30. The van der Waals surface area contributed by atoms with Crippen LogP contribution in [0.25, 0.3) is 0 Å². The molecule has 0 aromatic rings. The normalized spacial score (nSPS) is 33.5. The number of fused-ring (bicyclic) bond motifs is 7. The largest absolute Gasteiger partial charge is 0.301 e. The van der Waals surface area contributed by atoms with Gasteiger partial charge in [0.2, 0.25) is 0 Å². The molecule has 0 aromatic heterocycles. The zero-order chi connectivity index (χ0) is 47.4. The molecule has 10 aliphatic rings. The SMILES string of the molecule is CC(C)(C)N1CCN2CC=CC2C1.CC(C)(C)N1CCN2CCC1C2.CC(C)(C)N1CCN2CCCC1C2.CC(C)(C)N1CCN2CCCC2C1.CC(C)(C)N1CCN2CCCCC2C1. The van der Waals surface area contributed by atoms with Crippen LogP contribution in [0.2, 0.25) is 0 Å². The average Bonchev–Trinajstić information content (AvgIpc) is 3.99. The van der Waals surface area contributed by atoms with Crippen molar-refractivity contribution in [3.05, 3.63) is 12.2 Å². The smallest absolute Gasteiger partial charge is 0.0410 e. The van der Waals surface area contributed by atoms with Gasteiger partial charge in [0.05, 0.1) is 0 Å². The summed E-state index contributed by atoms with van der Waals surface area (Å²) in [5, 5.41) is 0. The molecule has 9 fully saturated rings. The van der Waals surface area contributed by atoms with Crippen LogP contribution in [0.4, 0.5) is 0 Å². The zero-order valence-electron chi connectivity index (χ0n) is 45.8. The van der Waals surface area contributed by atoms with E-state index in [2.05, 4.69) is 165 Å². The molecule has 10 rings (SSSR count). The van der Waals surface area contributed by atoms with Crippen LogP contribution in [-0.4, -0.2) is 238 Å². The van der Waals surface area contributed by atoms with Gasteiger partial charge in [-0.2, -0.15) is 0 Å². The molecule has 4 bridgehead atoms. The third-order valence-corrected chi connectivity index (χ3v) is 17.1. The van der Waals surface area contributed by atoms with Gasteiger partial charge >= 0.3 is 0 Å². The van der Waals surface area contributed by atoms with E-state index in [4.69, 9.17) is 0 Å². The third-order valence-electron chi connectivity index (χ3n) is 17.1. The summed E-state index contributed by atoms with van der Waals surface area (Å²) in [6.07, 6.45) is 16.0. The average molecular weight is 910 g/mol. The maximum atomic E-state index is 2.70. The molecule has 9 saturated heterocycles. The first-order valence-corrected chi connectivity index (χ1v) is 27.5. The fourth-order valence-corrected chi connectivity index (χ4v) is 13.0. The Morgan fingerprint density at radius 1 is 0.323 bits per heavy atom. The molecule has 65 heavy (non-hydrogen) atoms. The molecule has 0 spiro atoms. The van der Waals surface area contributed by atoms with Crippen LogP contribution in [0.5, 0.6) is 0 Å².